The van der Waals surface area contributed by atoms with Crippen molar-refractivity contribution in [2.75, 3.05) is 0 Å². The van der Waals surface area contributed by atoms with Gasteiger partial charge < -0.3 is 4.57 Å². The molecule has 0 saturated carbocycles. The summed E-state index contributed by atoms with van der Waals surface area (Å²) in [6.45, 7) is 0. The van der Waals surface area contributed by atoms with E-state index < -0.39 is 0 Å². The fraction of sp³-hybridized carbons (Fsp3) is 0. The molecule has 0 N–H and O–H groups in total. The fourth-order valence-electron chi connectivity index (χ4n) is 6.36. The number of para-hydroxylation sites is 2. The van der Waals surface area contributed by atoms with Crippen molar-refractivity contribution in [2.24, 2.45) is 0 Å². The molecule has 4 nitrogen and oxygen atoms in total. The molecule has 9 aromatic rings. The molecule has 0 spiro atoms. The molecule has 43 heavy (non-hydrogen) atoms. The highest BCUT2D eigenvalue weighted by molar-refractivity contribution is 7.26. The van der Waals surface area contributed by atoms with Gasteiger partial charge in [-0.1, -0.05) is 97.1 Å². The van der Waals surface area contributed by atoms with Crippen LogP contribution < -0.4 is 0 Å². The largest absolute Gasteiger partial charge is 0.309 e. The quantitative estimate of drug-likeness (QED) is 0.206. The summed E-state index contributed by atoms with van der Waals surface area (Å²) in [5.74, 6) is 1.10. The van der Waals surface area contributed by atoms with E-state index in [-0.39, 0.29) is 5.28 Å². The first-order valence-corrected chi connectivity index (χ1v) is 15.3. The van der Waals surface area contributed by atoms with Crippen molar-refractivity contribution < 1.29 is 0 Å². The third kappa shape index (κ3) is 3.72. The van der Waals surface area contributed by atoms with Crippen molar-refractivity contribution in [3.8, 4) is 28.5 Å². The first-order valence-electron chi connectivity index (χ1n) is 14.1. The molecule has 0 fully saturated rings. The SMILES string of the molecule is Clc1nc(-c2ccccc2)nc(-c2cc3c(c4ccccc4n3-c3ccccc3)c3c2ccc2c4ccccc4sc23)n1. The maximum Gasteiger partial charge on any atom is 0.226 e. The lowest BCUT2D eigenvalue weighted by Crippen LogP contribution is -1.99. The number of fused-ring (bicyclic) bond motifs is 9. The molecule has 9 rings (SSSR count). The van der Waals surface area contributed by atoms with Gasteiger partial charge in [0.05, 0.1) is 11.0 Å². The second kappa shape index (κ2) is 9.46. The average molecular weight is 589 g/mol. The summed E-state index contributed by atoms with van der Waals surface area (Å²) in [6, 6.07) is 44.4. The minimum atomic E-state index is 0.170. The molecule has 3 aromatic heterocycles. The fourth-order valence-corrected chi connectivity index (χ4v) is 7.78. The van der Waals surface area contributed by atoms with Gasteiger partial charge in [0.2, 0.25) is 5.28 Å². The molecule has 6 aromatic carbocycles. The minimum absolute atomic E-state index is 0.170. The highest BCUT2D eigenvalue weighted by atomic mass is 35.5. The highest BCUT2D eigenvalue weighted by Crippen LogP contribution is 2.47. The van der Waals surface area contributed by atoms with Crippen LogP contribution >= 0.6 is 22.9 Å². The van der Waals surface area contributed by atoms with Gasteiger partial charge in [-0.3, -0.25) is 0 Å². The Morgan fingerprint density at radius 1 is 0.535 bits per heavy atom. The van der Waals surface area contributed by atoms with Crippen LogP contribution in [0.15, 0.2) is 127 Å². The van der Waals surface area contributed by atoms with Crippen LogP contribution in [0.25, 0.3) is 81.2 Å². The lowest BCUT2D eigenvalue weighted by Gasteiger charge is -2.13. The smallest absolute Gasteiger partial charge is 0.226 e. The van der Waals surface area contributed by atoms with Crippen LogP contribution in [0.5, 0.6) is 0 Å². The van der Waals surface area contributed by atoms with Crippen molar-refractivity contribution in [2.45, 2.75) is 0 Å². The maximum atomic E-state index is 6.59. The van der Waals surface area contributed by atoms with Crippen molar-refractivity contribution in [1.29, 1.82) is 0 Å². The number of rotatable bonds is 3. The summed E-state index contributed by atoms with van der Waals surface area (Å²) in [7, 11) is 0. The zero-order valence-corrected chi connectivity index (χ0v) is 24.3. The van der Waals surface area contributed by atoms with Gasteiger partial charge >= 0.3 is 0 Å². The average Bonchev–Trinajstić information content (AvgIpc) is 3.61. The van der Waals surface area contributed by atoms with E-state index in [1.165, 1.54) is 36.3 Å². The molecule has 202 valence electrons. The van der Waals surface area contributed by atoms with Gasteiger partial charge in [0.15, 0.2) is 11.6 Å². The van der Waals surface area contributed by atoms with E-state index in [2.05, 4.69) is 107 Å². The number of halogens is 1. The normalized spacial score (nSPS) is 11.8. The summed E-state index contributed by atoms with van der Waals surface area (Å²) in [5, 5.41) is 7.41. The molecule has 0 saturated heterocycles. The lowest BCUT2D eigenvalue weighted by molar-refractivity contribution is 1.07. The molecule has 0 atom stereocenters. The third-order valence-corrected chi connectivity index (χ3v) is 9.55. The number of hydrogen-bond donors (Lipinski definition) is 0. The van der Waals surface area contributed by atoms with E-state index in [1.807, 2.05) is 41.7 Å². The Hall–Kier alpha value is -5.10. The summed E-state index contributed by atoms with van der Waals surface area (Å²) in [4.78, 5) is 14.2. The Balaban J connectivity index is 1.50. The van der Waals surface area contributed by atoms with Crippen molar-refractivity contribution in [3.63, 3.8) is 0 Å². The molecule has 0 amide bonds. The molecule has 3 heterocycles. The molecular weight excluding hydrogens is 568 g/mol. The zero-order chi connectivity index (χ0) is 28.5. The van der Waals surface area contributed by atoms with Gasteiger partial charge in [0.1, 0.15) is 0 Å². The molecule has 0 unspecified atom stereocenters. The van der Waals surface area contributed by atoms with Crippen LogP contribution in [0.3, 0.4) is 0 Å². The van der Waals surface area contributed by atoms with Crippen molar-refractivity contribution in [1.82, 2.24) is 19.5 Å². The van der Waals surface area contributed by atoms with Gasteiger partial charge in [-0.05, 0) is 47.3 Å². The molecule has 0 bridgehead atoms. The van der Waals surface area contributed by atoms with E-state index in [0.29, 0.717) is 11.6 Å². The molecule has 0 radical (unpaired) electrons. The Bertz CT molecular complexity index is 2520. The lowest BCUT2D eigenvalue weighted by atomic mass is 9.96. The van der Waals surface area contributed by atoms with Crippen molar-refractivity contribution >= 4 is 75.7 Å². The second-order valence-corrected chi connectivity index (χ2v) is 12.0. The number of hydrogen-bond acceptors (Lipinski definition) is 4. The second-order valence-electron chi connectivity index (χ2n) is 10.6. The van der Waals surface area contributed by atoms with E-state index in [0.717, 1.165) is 33.2 Å². The highest BCUT2D eigenvalue weighted by Gasteiger charge is 2.22. The Labute approximate surface area is 255 Å². The summed E-state index contributed by atoms with van der Waals surface area (Å²) < 4.78 is 4.87. The molecule has 0 aliphatic rings. The topological polar surface area (TPSA) is 43.6 Å². The van der Waals surface area contributed by atoms with Crippen LogP contribution in [0, 0.1) is 0 Å². The summed E-state index contributed by atoms with van der Waals surface area (Å²) in [6.07, 6.45) is 0. The van der Waals surface area contributed by atoms with E-state index in [9.17, 15) is 0 Å². The van der Waals surface area contributed by atoms with Crippen LogP contribution in [-0.4, -0.2) is 19.5 Å². The predicted octanol–water partition coefficient (Wildman–Crippen LogP) is 10.5. The Morgan fingerprint density at radius 3 is 2.05 bits per heavy atom. The maximum absolute atomic E-state index is 6.59. The number of aromatic nitrogens is 4. The predicted molar refractivity (Wildman–Crippen MR) is 180 cm³/mol. The van der Waals surface area contributed by atoms with Crippen LogP contribution in [0.2, 0.25) is 5.28 Å². The summed E-state index contributed by atoms with van der Waals surface area (Å²) in [5.41, 5.74) is 5.16. The zero-order valence-electron chi connectivity index (χ0n) is 22.7. The molecular formula is C37H21ClN4S. The molecule has 0 aliphatic carbocycles. The number of benzene rings is 6. The van der Waals surface area contributed by atoms with E-state index >= 15 is 0 Å². The number of thiophene rings is 1. The first-order chi connectivity index (χ1) is 21.2. The van der Waals surface area contributed by atoms with E-state index in [1.54, 1.807) is 0 Å². The van der Waals surface area contributed by atoms with Gasteiger partial charge in [-0.25, -0.2) is 4.98 Å². The van der Waals surface area contributed by atoms with Crippen LogP contribution in [0.4, 0.5) is 0 Å². The first kappa shape index (κ1) is 24.5. The molecule has 6 heteroatoms. The minimum Gasteiger partial charge on any atom is -0.309 e. The number of nitrogens with zero attached hydrogens (tertiary/aromatic N) is 4. The third-order valence-electron chi connectivity index (χ3n) is 8.17. The Morgan fingerprint density at radius 2 is 1.21 bits per heavy atom. The van der Waals surface area contributed by atoms with Crippen LogP contribution in [0.1, 0.15) is 0 Å². The van der Waals surface area contributed by atoms with Crippen molar-refractivity contribution in [3.05, 3.63) is 133 Å². The molecule has 0 aliphatic heterocycles. The van der Waals surface area contributed by atoms with Gasteiger partial charge in [0, 0.05) is 53.1 Å². The summed E-state index contributed by atoms with van der Waals surface area (Å²) >= 11 is 8.43. The van der Waals surface area contributed by atoms with Gasteiger partial charge in [-0.15, -0.1) is 11.3 Å². The van der Waals surface area contributed by atoms with Gasteiger partial charge in [-0.2, -0.15) is 9.97 Å². The monoisotopic (exact) mass is 588 g/mol. The standard InChI is InChI=1S/C37H21ClN4S/c38-37-40-35(22-11-3-1-4-12-22)39-36(41-37)28-21-30-32(27-16-7-9-17-29(27)42(30)23-13-5-2-6-14-23)33-25(28)19-20-26-24-15-8-10-18-31(24)43-34(26)33/h1-21H. The van der Waals surface area contributed by atoms with Crippen LogP contribution in [-0.2, 0) is 0 Å². The van der Waals surface area contributed by atoms with E-state index in [4.69, 9.17) is 21.6 Å². The Kier molecular flexibility index (Phi) is 5.39. The van der Waals surface area contributed by atoms with Gasteiger partial charge in [0.25, 0.3) is 0 Å².